The molecule has 3 aromatic rings. The molecule has 0 saturated heterocycles. The lowest BCUT2D eigenvalue weighted by atomic mass is 10.0. The maximum absolute atomic E-state index is 12.5. The molecule has 0 radical (unpaired) electrons. The standard InChI is InChI=1S/C19H19N3O3S/c1-3-25-19(24)17-15(14-7-5-4-6-8-14)12-26-18(17)21-16(23)11-22-10-13(2)9-20-22/h4-10,12H,3,11H2,1-2H3,(H,21,23). The van der Waals surface area contributed by atoms with Crippen LogP contribution in [-0.2, 0) is 16.1 Å². The first-order chi connectivity index (χ1) is 12.6. The number of esters is 1. The number of nitrogens with one attached hydrogen (secondary N) is 1. The zero-order valence-corrected chi connectivity index (χ0v) is 15.4. The second-order valence-corrected chi connectivity index (χ2v) is 6.58. The van der Waals surface area contributed by atoms with Crippen molar-refractivity contribution in [2.75, 3.05) is 11.9 Å². The number of carbonyl (C=O) groups is 2. The van der Waals surface area contributed by atoms with E-state index < -0.39 is 5.97 Å². The van der Waals surface area contributed by atoms with Crippen LogP contribution in [0.1, 0.15) is 22.8 Å². The van der Waals surface area contributed by atoms with Crippen molar-refractivity contribution < 1.29 is 14.3 Å². The van der Waals surface area contributed by atoms with Gasteiger partial charge >= 0.3 is 5.97 Å². The number of ether oxygens (including phenoxy) is 1. The topological polar surface area (TPSA) is 73.2 Å². The summed E-state index contributed by atoms with van der Waals surface area (Å²) in [6, 6.07) is 9.56. The average Bonchev–Trinajstić information content (AvgIpc) is 3.22. The van der Waals surface area contributed by atoms with E-state index in [1.165, 1.54) is 11.3 Å². The fourth-order valence-corrected chi connectivity index (χ4v) is 3.53. The number of aromatic nitrogens is 2. The summed E-state index contributed by atoms with van der Waals surface area (Å²) in [6.07, 6.45) is 3.48. The van der Waals surface area contributed by atoms with Gasteiger partial charge < -0.3 is 10.1 Å². The van der Waals surface area contributed by atoms with Crippen molar-refractivity contribution in [2.24, 2.45) is 0 Å². The van der Waals surface area contributed by atoms with Crippen molar-refractivity contribution >= 4 is 28.2 Å². The molecule has 0 aliphatic carbocycles. The van der Waals surface area contributed by atoms with Gasteiger partial charge in [-0.05, 0) is 25.0 Å². The number of aryl methyl sites for hydroxylation is 1. The third-order valence-corrected chi connectivity index (χ3v) is 4.57. The van der Waals surface area contributed by atoms with Gasteiger partial charge in [0, 0.05) is 17.1 Å². The number of hydrogen-bond acceptors (Lipinski definition) is 5. The highest BCUT2D eigenvalue weighted by molar-refractivity contribution is 7.15. The number of hydrogen-bond donors (Lipinski definition) is 1. The third kappa shape index (κ3) is 4.00. The minimum absolute atomic E-state index is 0.0781. The largest absolute Gasteiger partial charge is 0.462 e. The molecule has 2 aromatic heterocycles. The monoisotopic (exact) mass is 369 g/mol. The van der Waals surface area contributed by atoms with Gasteiger partial charge in [0.05, 0.1) is 12.8 Å². The molecule has 1 amide bonds. The fourth-order valence-electron chi connectivity index (χ4n) is 2.55. The van der Waals surface area contributed by atoms with Crippen LogP contribution < -0.4 is 5.32 Å². The van der Waals surface area contributed by atoms with E-state index in [-0.39, 0.29) is 19.1 Å². The molecular weight excluding hydrogens is 350 g/mol. The smallest absolute Gasteiger partial charge is 0.341 e. The van der Waals surface area contributed by atoms with Crippen LogP contribution >= 0.6 is 11.3 Å². The first-order valence-corrected chi connectivity index (χ1v) is 9.09. The van der Waals surface area contributed by atoms with Crippen LogP contribution in [0.5, 0.6) is 0 Å². The van der Waals surface area contributed by atoms with Crippen LogP contribution in [0.3, 0.4) is 0 Å². The lowest BCUT2D eigenvalue weighted by Crippen LogP contribution is -2.20. The lowest BCUT2D eigenvalue weighted by molar-refractivity contribution is -0.116. The van der Waals surface area contributed by atoms with Crippen LogP contribution in [0.2, 0.25) is 0 Å². The Bertz CT molecular complexity index is 915. The van der Waals surface area contributed by atoms with Gasteiger partial charge in [0.15, 0.2) is 0 Å². The molecule has 0 unspecified atom stereocenters. The summed E-state index contributed by atoms with van der Waals surface area (Å²) < 4.78 is 6.75. The number of anilines is 1. The number of carbonyl (C=O) groups excluding carboxylic acids is 2. The minimum atomic E-state index is -0.446. The second kappa shape index (κ2) is 7.97. The van der Waals surface area contributed by atoms with E-state index in [0.717, 1.165) is 16.7 Å². The molecule has 0 bridgehead atoms. The van der Waals surface area contributed by atoms with Gasteiger partial charge in [0.25, 0.3) is 0 Å². The van der Waals surface area contributed by atoms with E-state index in [4.69, 9.17) is 4.74 Å². The maximum Gasteiger partial charge on any atom is 0.341 e. The van der Waals surface area contributed by atoms with E-state index >= 15 is 0 Å². The van der Waals surface area contributed by atoms with E-state index in [2.05, 4.69) is 10.4 Å². The van der Waals surface area contributed by atoms with Crippen molar-refractivity contribution in [2.45, 2.75) is 20.4 Å². The SMILES string of the molecule is CCOC(=O)c1c(-c2ccccc2)csc1NC(=O)Cn1cc(C)cn1. The molecule has 1 aromatic carbocycles. The van der Waals surface area contributed by atoms with Crippen molar-refractivity contribution in [1.29, 1.82) is 0 Å². The quantitative estimate of drug-likeness (QED) is 0.672. The molecule has 7 heteroatoms. The molecule has 0 spiro atoms. The number of amides is 1. The highest BCUT2D eigenvalue weighted by Crippen LogP contribution is 2.36. The average molecular weight is 369 g/mol. The summed E-state index contributed by atoms with van der Waals surface area (Å²) in [4.78, 5) is 24.8. The minimum Gasteiger partial charge on any atom is -0.462 e. The first-order valence-electron chi connectivity index (χ1n) is 8.21. The normalized spacial score (nSPS) is 10.5. The van der Waals surface area contributed by atoms with Crippen molar-refractivity contribution in [3.63, 3.8) is 0 Å². The summed E-state index contributed by atoms with van der Waals surface area (Å²) in [7, 11) is 0. The van der Waals surface area contributed by atoms with Crippen molar-refractivity contribution in [3.05, 3.63) is 59.2 Å². The van der Waals surface area contributed by atoms with Crippen LogP contribution in [0, 0.1) is 6.92 Å². The summed E-state index contributed by atoms with van der Waals surface area (Å²) in [6.45, 7) is 4.01. The van der Waals surface area contributed by atoms with E-state index in [9.17, 15) is 9.59 Å². The van der Waals surface area contributed by atoms with Crippen molar-refractivity contribution in [3.8, 4) is 11.1 Å². The Kier molecular flexibility index (Phi) is 5.48. The predicted molar refractivity (Wildman–Crippen MR) is 101 cm³/mol. The molecule has 0 saturated carbocycles. The summed E-state index contributed by atoms with van der Waals surface area (Å²) in [5.41, 5.74) is 3.01. The van der Waals surface area contributed by atoms with Gasteiger partial charge in [-0.15, -0.1) is 11.3 Å². The molecule has 0 atom stereocenters. The molecule has 2 heterocycles. The number of rotatable bonds is 6. The molecule has 26 heavy (non-hydrogen) atoms. The van der Waals surface area contributed by atoms with E-state index in [1.54, 1.807) is 24.0 Å². The van der Waals surface area contributed by atoms with Crippen LogP contribution in [0.15, 0.2) is 48.1 Å². The van der Waals surface area contributed by atoms with Crippen LogP contribution in [-0.4, -0.2) is 28.3 Å². The predicted octanol–water partition coefficient (Wildman–Crippen LogP) is 3.74. The summed E-state index contributed by atoms with van der Waals surface area (Å²) >= 11 is 1.31. The van der Waals surface area contributed by atoms with Crippen LogP contribution in [0.25, 0.3) is 11.1 Å². The molecular formula is C19H19N3O3S. The van der Waals surface area contributed by atoms with Gasteiger partial charge in [-0.25, -0.2) is 4.79 Å². The van der Waals surface area contributed by atoms with Gasteiger partial charge in [-0.2, -0.15) is 5.10 Å². The first kappa shape index (κ1) is 17.9. The Morgan fingerprint density at radius 1 is 1.27 bits per heavy atom. The van der Waals surface area contributed by atoms with Crippen LogP contribution in [0.4, 0.5) is 5.00 Å². The molecule has 6 nitrogen and oxygen atoms in total. The number of nitrogens with zero attached hydrogens (tertiary/aromatic N) is 2. The van der Waals surface area contributed by atoms with Gasteiger partial charge in [-0.3, -0.25) is 9.48 Å². The Morgan fingerprint density at radius 3 is 2.69 bits per heavy atom. The molecule has 0 fully saturated rings. The lowest BCUT2D eigenvalue weighted by Gasteiger charge is -2.09. The summed E-state index contributed by atoms with van der Waals surface area (Å²) in [5, 5.41) is 9.26. The molecule has 0 aliphatic heterocycles. The Labute approximate surface area is 155 Å². The fraction of sp³-hybridized carbons (Fsp3) is 0.211. The van der Waals surface area contributed by atoms with Gasteiger partial charge in [0.2, 0.25) is 5.91 Å². The second-order valence-electron chi connectivity index (χ2n) is 5.70. The zero-order chi connectivity index (χ0) is 18.5. The molecule has 0 aliphatic rings. The number of benzene rings is 1. The molecule has 134 valence electrons. The van der Waals surface area contributed by atoms with Crippen molar-refractivity contribution in [1.82, 2.24) is 9.78 Å². The molecule has 3 rings (SSSR count). The van der Waals surface area contributed by atoms with Gasteiger partial charge in [-0.1, -0.05) is 30.3 Å². The zero-order valence-electron chi connectivity index (χ0n) is 14.6. The number of thiophene rings is 1. The highest BCUT2D eigenvalue weighted by atomic mass is 32.1. The van der Waals surface area contributed by atoms with E-state index in [0.29, 0.717) is 10.6 Å². The summed E-state index contributed by atoms with van der Waals surface area (Å²) in [5.74, 6) is -0.696. The molecule has 1 N–H and O–H groups in total. The Balaban J connectivity index is 1.87. The Morgan fingerprint density at radius 2 is 2.04 bits per heavy atom. The third-order valence-electron chi connectivity index (χ3n) is 3.68. The Hall–Kier alpha value is -2.93. The van der Waals surface area contributed by atoms with E-state index in [1.807, 2.05) is 42.6 Å². The maximum atomic E-state index is 12.5. The highest BCUT2D eigenvalue weighted by Gasteiger charge is 2.22. The van der Waals surface area contributed by atoms with Gasteiger partial charge in [0.1, 0.15) is 17.1 Å².